The van der Waals surface area contributed by atoms with Crippen LogP contribution in [0.3, 0.4) is 0 Å². The highest BCUT2D eigenvalue weighted by molar-refractivity contribution is 5.23. The van der Waals surface area contributed by atoms with Crippen molar-refractivity contribution >= 4 is 0 Å². The topological polar surface area (TPSA) is 29.9 Å². The van der Waals surface area contributed by atoms with Crippen molar-refractivity contribution in [2.75, 3.05) is 6.54 Å². The zero-order chi connectivity index (χ0) is 10.7. The lowest BCUT2D eigenvalue weighted by Crippen LogP contribution is -2.21. The summed E-state index contributed by atoms with van der Waals surface area (Å²) in [4.78, 5) is 0. The number of rotatable bonds is 4. The Bertz CT molecular complexity index is 307. The van der Waals surface area contributed by atoms with Gasteiger partial charge in [-0.1, -0.05) is 0 Å². The molecular formula is C9H15F2N3. The molecule has 0 bridgehead atoms. The second-order valence-corrected chi connectivity index (χ2v) is 3.29. The third-order valence-corrected chi connectivity index (χ3v) is 2.26. The molecule has 0 amide bonds. The van der Waals surface area contributed by atoms with E-state index in [-0.39, 0.29) is 6.54 Å². The van der Waals surface area contributed by atoms with Crippen molar-refractivity contribution in [3.63, 3.8) is 0 Å². The standard InChI is InChI=1S/C9H15F2N3/c1-6-8(4-12-5-9(10)11)7(2)14(3)13-6/h9,12H,4-5H2,1-3H3. The van der Waals surface area contributed by atoms with Crippen molar-refractivity contribution in [2.45, 2.75) is 26.8 Å². The van der Waals surface area contributed by atoms with Crippen molar-refractivity contribution in [2.24, 2.45) is 7.05 Å². The van der Waals surface area contributed by atoms with Crippen LogP contribution in [0.2, 0.25) is 0 Å². The predicted molar refractivity (Wildman–Crippen MR) is 50.4 cm³/mol. The molecule has 0 fully saturated rings. The van der Waals surface area contributed by atoms with Crippen LogP contribution in [-0.4, -0.2) is 22.8 Å². The van der Waals surface area contributed by atoms with Gasteiger partial charge in [-0.2, -0.15) is 5.10 Å². The van der Waals surface area contributed by atoms with Crippen LogP contribution in [0.15, 0.2) is 0 Å². The van der Waals surface area contributed by atoms with Gasteiger partial charge in [0.1, 0.15) is 0 Å². The molecule has 0 aliphatic rings. The second kappa shape index (κ2) is 4.50. The number of hydrogen-bond donors (Lipinski definition) is 1. The molecule has 0 aliphatic carbocycles. The average molecular weight is 203 g/mol. The quantitative estimate of drug-likeness (QED) is 0.801. The van der Waals surface area contributed by atoms with Crippen LogP contribution in [0, 0.1) is 13.8 Å². The van der Waals surface area contributed by atoms with Crippen LogP contribution < -0.4 is 5.32 Å². The smallest absolute Gasteiger partial charge is 0.250 e. The van der Waals surface area contributed by atoms with E-state index in [1.165, 1.54) is 0 Å². The van der Waals surface area contributed by atoms with Crippen molar-refractivity contribution in [3.8, 4) is 0 Å². The minimum atomic E-state index is -2.30. The van der Waals surface area contributed by atoms with Crippen LogP contribution in [0.4, 0.5) is 8.78 Å². The molecule has 1 aromatic heterocycles. The van der Waals surface area contributed by atoms with Gasteiger partial charge in [-0.15, -0.1) is 0 Å². The molecule has 0 saturated heterocycles. The summed E-state index contributed by atoms with van der Waals surface area (Å²) in [6.45, 7) is 4.00. The Hall–Kier alpha value is -0.970. The fourth-order valence-electron chi connectivity index (χ4n) is 1.38. The molecule has 80 valence electrons. The molecule has 5 heteroatoms. The minimum absolute atomic E-state index is 0.270. The molecular weight excluding hydrogens is 188 g/mol. The van der Waals surface area contributed by atoms with Crippen molar-refractivity contribution < 1.29 is 8.78 Å². The van der Waals surface area contributed by atoms with E-state index in [0.717, 1.165) is 17.0 Å². The molecule has 3 nitrogen and oxygen atoms in total. The van der Waals surface area contributed by atoms with Gasteiger partial charge < -0.3 is 5.32 Å². The maximum atomic E-state index is 11.9. The van der Waals surface area contributed by atoms with E-state index in [4.69, 9.17) is 0 Å². The summed E-state index contributed by atoms with van der Waals surface area (Å²) in [6.07, 6.45) is -2.30. The summed E-state index contributed by atoms with van der Waals surface area (Å²) >= 11 is 0. The largest absolute Gasteiger partial charge is 0.307 e. The number of aromatic nitrogens is 2. The van der Waals surface area contributed by atoms with Crippen molar-refractivity contribution in [3.05, 3.63) is 17.0 Å². The lowest BCUT2D eigenvalue weighted by molar-refractivity contribution is 0.145. The number of nitrogens with one attached hydrogen (secondary N) is 1. The number of hydrogen-bond acceptors (Lipinski definition) is 2. The van der Waals surface area contributed by atoms with E-state index >= 15 is 0 Å². The molecule has 0 aliphatic heterocycles. The fraction of sp³-hybridized carbons (Fsp3) is 0.667. The van der Waals surface area contributed by atoms with Gasteiger partial charge in [0.15, 0.2) is 0 Å². The molecule has 0 saturated carbocycles. The van der Waals surface area contributed by atoms with Gasteiger partial charge in [-0.3, -0.25) is 4.68 Å². The van der Waals surface area contributed by atoms with Crippen molar-refractivity contribution in [1.29, 1.82) is 0 Å². The lowest BCUT2D eigenvalue weighted by Gasteiger charge is -2.04. The average Bonchev–Trinajstić information content (AvgIpc) is 2.31. The third kappa shape index (κ3) is 2.51. The summed E-state index contributed by atoms with van der Waals surface area (Å²) < 4.78 is 25.5. The Morgan fingerprint density at radius 2 is 2.07 bits per heavy atom. The van der Waals surface area contributed by atoms with E-state index in [9.17, 15) is 8.78 Å². The monoisotopic (exact) mass is 203 g/mol. The maximum Gasteiger partial charge on any atom is 0.250 e. The Labute approximate surface area is 82.1 Å². The van der Waals surface area contributed by atoms with Crippen LogP contribution in [0.25, 0.3) is 0 Å². The summed E-state index contributed by atoms with van der Waals surface area (Å²) in [7, 11) is 1.85. The van der Waals surface area contributed by atoms with E-state index in [0.29, 0.717) is 6.54 Å². The van der Waals surface area contributed by atoms with Crippen LogP contribution in [-0.2, 0) is 13.6 Å². The second-order valence-electron chi connectivity index (χ2n) is 3.29. The van der Waals surface area contributed by atoms with Crippen molar-refractivity contribution in [1.82, 2.24) is 15.1 Å². The molecule has 0 unspecified atom stereocenters. The number of alkyl halides is 2. The zero-order valence-corrected chi connectivity index (χ0v) is 8.64. The van der Waals surface area contributed by atoms with Gasteiger partial charge in [0, 0.05) is 24.8 Å². The summed E-state index contributed by atoms with van der Waals surface area (Å²) in [6, 6.07) is 0. The van der Waals surface area contributed by atoms with Crippen LogP contribution >= 0.6 is 0 Å². The van der Waals surface area contributed by atoms with Gasteiger partial charge in [-0.05, 0) is 13.8 Å². The predicted octanol–water partition coefficient (Wildman–Crippen LogP) is 1.39. The third-order valence-electron chi connectivity index (χ3n) is 2.26. The summed E-state index contributed by atoms with van der Waals surface area (Å²) in [5, 5.41) is 6.89. The van der Waals surface area contributed by atoms with E-state index < -0.39 is 6.43 Å². The first-order chi connectivity index (χ1) is 6.52. The molecule has 0 aromatic carbocycles. The lowest BCUT2D eigenvalue weighted by atomic mass is 10.2. The van der Waals surface area contributed by atoms with E-state index in [1.807, 2.05) is 20.9 Å². The number of aryl methyl sites for hydroxylation is 2. The highest BCUT2D eigenvalue weighted by Gasteiger charge is 2.09. The minimum Gasteiger partial charge on any atom is -0.307 e. The fourth-order valence-corrected chi connectivity index (χ4v) is 1.38. The number of nitrogens with zero attached hydrogens (tertiary/aromatic N) is 2. The summed E-state index contributed by atoms with van der Waals surface area (Å²) in [5.74, 6) is 0. The molecule has 0 atom stereocenters. The molecule has 0 spiro atoms. The molecule has 1 aromatic rings. The molecule has 1 rings (SSSR count). The SMILES string of the molecule is Cc1nn(C)c(C)c1CNCC(F)F. The first-order valence-corrected chi connectivity index (χ1v) is 4.50. The molecule has 14 heavy (non-hydrogen) atoms. The van der Waals surface area contributed by atoms with Gasteiger partial charge in [0.2, 0.25) is 0 Å². The van der Waals surface area contributed by atoms with Gasteiger partial charge >= 0.3 is 0 Å². The van der Waals surface area contributed by atoms with Crippen LogP contribution in [0.5, 0.6) is 0 Å². The van der Waals surface area contributed by atoms with Gasteiger partial charge in [-0.25, -0.2) is 8.78 Å². The molecule has 1 N–H and O–H groups in total. The first-order valence-electron chi connectivity index (χ1n) is 4.50. The highest BCUT2D eigenvalue weighted by atomic mass is 19.3. The number of halogens is 2. The Balaban J connectivity index is 2.58. The van der Waals surface area contributed by atoms with E-state index in [2.05, 4.69) is 10.4 Å². The summed E-state index contributed by atoms with van der Waals surface area (Å²) in [5.41, 5.74) is 2.92. The van der Waals surface area contributed by atoms with Gasteiger partial charge in [0.25, 0.3) is 6.43 Å². The zero-order valence-electron chi connectivity index (χ0n) is 8.64. The Kier molecular flexibility index (Phi) is 3.57. The van der Waals surface area contributed by atoms with Crippen LogP contribution in [0.1, 0.15) is 17.0 Å². The Morgan fingerprint density at radius 3 is 2.50 bits per heavy atom. The highest BCUT2D eigenvalue weighted by Crippen LogP contribution is 2.11. The molecule has 0 radical (unpaired) electrons. The normalized spacial score (nSPS) is 11.3. The van der Waals surface area contributed by atoms with E-state index in [1.54, 1.807) is 4.68 Å². The first kappa shape index (κ1) is 11.1. The molecule has 1 heterocycles. The Morgan fingerprint density at radius 1 is 1.43 bits per heavy atom. The van der Waals surface area contributed by atoms with Gasteiger partial charge in [0.05, 0.1) is 12.2 Å². The maximum absolute atomic E-state index is 11.9.